The van der Waals surface area contributed by atoms with Gasteiger partial charge >= 0.3 is 0 Å². The Morgan fingerprint density at radius 2 is 1.75 bits per heavy atom. The Morgan fingerprint density at radius 3 is 2.55 bits per heavy atom. The molecule has 2 aromatic carbocycles. The summed E-state index contributed by atoms with van der Waals surface area (Å²) in [4.78, 5) is 0.101. The van der Waals surface area contributed by atoms with Gasteiger partial charge in [-0.25, -0.2) is 0 Å². The molecule has 1 nitrogen and oxygen atoms in total. The molecule has 1 heterocycles. The summed E-state index contributed by atoms with van der Waals surface area (Å²) in [6, 6.07) is 12.1. The molecule has 104 valence electrons. The van der Waals surface area contributed by atoms with E-state index in [9.17, 15) is 0 Å². The van der Waals surface area contributed by atoms with Gasteiger partial charge in [-0.05, 0) is 47.7 Å². The van der Waals surface area contributed by atoms with E-state index in [1.807, 2.05) is 18.2 Å². The van der Waals surface area contributed by atoms with Gasteiger partial charge in [0.15, 0.2) is 0 Å². The predicted molar refractivity (Wildman–Crippen MR) is 87.5 cm³/mol. The maximum absolute atomic E-state index is 6.09. The number of hydrogen-bond donors (Lipinski definition) is 0. The lowest BCUT2D eigenvalue weighted by atomic mass is 9.99. The van der Waals surface area contributed by atoms with Crippen LogP contribution in [0.3, 0.4) is 0 Å². The molecule has 4 heteroatoms. The summed E-state index contributed by atoms with van der Waals surface area (Å²) < 4.78 is 5.64. The summed E-state index contributed by atoms with van der Waals surface area (Å²) in [5.74, 6) is 1.01. The third-order valence-electron chi connectivity index (χ3n) is 3.46. The molecule has 0 saturated carbocycles. The van der Waals surface area contributed by atoms with Crippen LogP contribution in [0.4, 0.5) is 0 Å². The van der Waals surface area contributed by atoms with Crippen LogP contribution in [-0.2, 0) is 6.42 Å². The Labute approximate surface area is 137 Å². The van der Waals surface area contributed by atoms with Gasteiger partial charge in [0, 0.05) is 0 Å². The first kappa shape index (κ1) is 14.2. The van der Waals surface area contributed by atoms with Crippen LogP contribution < -0.4 is 4.74 Å². The van der Waals surface area contributed by atoms with E-state index in [0.29, 0.717) is 10.0 Å². The van der Waals surface area contributed by atoms with Crippen LogP contribution in [0.2, 0.25) is 10.0 Å². The molecule has 0 saturated heterocycles. The number of alkyl halides is 1. The van der Waals surface area contributed by atoms with Crippen molar-refractivity contribution in [3.05, 3.63) is 63.1 Å². The highest BCUT2D eigenvalue weighted by molar-refractivity contribution is 9.09. The van der Waals surface area contributed by atoms with Crippen LogP contribution in [0, 0.1) is 0 Å². The topological polar surface area (TPSA) is 9.23 Å². The summed E-state index contributed by atoms with van der Waals surface area (Å²) in [5, 5.41) is 1.16. The van der Waals surface area contributed by atoms with Gasteiger partial charge in [0.05, 0.1) is 21.5 Å². The Morgan fingerprint density at radius 1 is 1.00 bits per heavy atom. The van der Waals surface area contributed by atoms with Crippen LogP contribution in [0.25, 0.3) is 0 Å². The third kappa shape index (κ3) is 2.83. The first-order valence-corrected chi connectivity index (χ1v) is 8.17. The van der Waals surface area contributed by atoms with Crippen molar-refractivity contribution >= 4 is 39.1 Å². The average molecular weight is 372 g/mol. The van der Waals surface area contributed by atoms with Crippen molar-refractivity contribution in [2.24, 2.45) is 0 Å². The van der Waals surface area contributed by atoms with Gasteiger partial charge in [-0.1, -0.05) is 57.3 Å². The van der Waals surface area contributed by atoms with E-state index in [2.05, 4.69) is 34.1 Å². The smallest absolute Gasteiger partial charge is 0.122 e. The normalized spacial score (nSPS) is 15.3. The Balaban J connectivity index is 1.93. The Kier molecular flexibility index (Phi) is 4.25. The van der Waals surface area contributed by atoms with E-state index in [0.717, 1.165) is 30.8 Å². The second-order valence-corrected chi connectivity index (χ2v) is 6.59. The van der Waals surface area contributed by atoms with E-state index in [4.69, 9.17) is 27.9 Å². The van der Waals surface area contributed by atoms with Gasteiger partial charge in [0.1, 0.15) is 5.75 Å². The molecule has 0 amide bonds. The fourth-order valence-electron chi connectivity index (χ4n) is 2.40. The van der Waals surface area contributed by atoms with E-state index >= 15 is 0 Å². The molecule has 1 aliphatic rings. The summed E-state index contributed by atoms with van der Waals surface area (Å²) in [6.07, 6.45) is 2.15. The number of ether oxygens (including phenoxy) is 1. The fraction of sp³-hybridized carbons (Fsp3) is 0.250. The lowest BCUT2D eigenvalue weighted by molar-refractivity contribution is 0.288. The number of fused-ring (bicyclic) bond motifs is 1. The molecule has 1 atom stereocenters. The quantitative estimate of drug-likeness (QED) is 0.606. The molecule has 1 aliphatic heterocycles. The molecule has 0 fully saturated rings. The van der Waals surface area contributed by atoms with Crippen molar-refractivity contribution in [2.75, 3.05) is 6.61 Å². The zero-order valence-electron chi connectivity index (χ0n) is 10.7. The maximum atomic E-state index is 6.09. The summed E-state index contributed by atoms with van der Waals surface area (Å²) in [7, 11) is 0. The summed E-state index contributed by atoms with van der Waals surface area (Å²) in [5.41, 5.74) is 3.57. The molecule has 3 rings (SSSR count). The molecule has 2 aromatic rings. The second kappa shape index (κ2) is 5.97. The minimum Gasteiger partial charge on any atom is -0.493 e. The molecule has 0 aromatic heterocycles. The summed E-state index contributed by atoms with van der Waals surface area (Å²) in [6.45, 7) is 0.816. The highest BCUT2D eigenvalue weighted by Crippen LogP contribution is 2.36. The van der Waals surface area contributed by atoms with E-state index in [1.54, 1.807) is 0 Å². The fourth-order valence-corrected chi connectivity index (χ4v) is 3.28. The van der Waals surface area contributed by atoms with Crippen molar-refractivity contribution in [3.63, 3.8) is 0 Å². The van der Waals surface area contributed by atoms with E-state index in [-0.39, 0.29) is 4.83 Å². The van der Waals surface area contributed by atoms with Gasteiger partial charge in [-0.15, -0.1) is 0 Å². The van der Waals surface area contributed by atoms with Crippen LogP contribution in [0.1, 0.15) is 27.9 Å². The SMILES string of the molecule is Clc1ccc(C(Br)c2ccc3c(c2)CCCO3)cc1Cl. The largest absolute Gasteiger partial charge is 0.493 e. The predicted octanol–water partition coefficient (Wildman–Crippen LogP) is 5.80. The highest BCUT2D eigenvalue weighted by atomic mass is 79.9. The van der Waals surface area contributed by atoms with Crippen molar-refractivity contribution in [1.29, 1.82) is 0 Å². The molecule has 1 unspecified atom stereocenters. The molecule has 0 aliphatic carbocycles. The molecule has 0 N–H and O–H groups in total. The van der Waals surface area contributed by atoms with Gasteiger partial charge in [-0.3, -0.25) is 0 Å². The van der Waals surface area contributed by atoms with Gasteiger partial charge < -0.3 is 4.74 Å². The van der Waals surface area contributed by atoms with Gasteiger partial charge in [0.25, 0.3) is 0 Å². The minimum atomic E-state index is 0.101. The van der Waals surface area contributed by atoms with Crippen LogP contribution in [0.5, 0.6) is 5.75 Å². The van der Waals surface area contributed by atoms with Gasteiger partial charge in [0.2, 0.25) is 0 Å². The number of halogens is 3. The zero-order chi connectivity index (χ0) is 14.1. The lowest BCUT2D eigenvalue weighted by Gasteiger charge is -2.19. The van der Waals surface area contributed by atoms with Crippen molar-refractivity contribution in [2.45, 2.75) is 17.7 Å². The van der Waals surface area contributed by atoms with Crippen molar-refractivity contribution < 1.29 is 4.74 Å². The number of benzene rings is 2. The summed E-state index contributed by atoms with van der Waals surface area (Å²) >= 11 is 15.8. The van der Waals surface area contributed by atoms with Gasteiger partial charge in [-0.2, -0.15) is 0 Å². The monoisotopic (exact) mass is 370 g/mol. The molecule has 0 radical (unpaired) electrons. The minimum absolute atomic E-state index is 0.101. The number of aryl methyl sites for hydroxylation is 1. The molecular formula is C16H13BrCl2O. The number of hydrogen-bond acceptors (Lipinski definition) is 1. The molecule has 0 bridgehead atoms. The second-order valence-electron chi connectivity index (χ2n) is 4.86. The Bertz CT molecular complexity index is 642. The van der Waals surface area contributed by atoms with Crippen LogP contribution in [0.15, 0.2) is 36.4 Å². The van der Waals surface area contributed by atoms with Crippen LogP contribution in [-0.4, -0.2) is 6.61 Å². The first-order chi connectivity index (χ1) is 9.65. The van der Waals surface area contributed by atoms with Crippen LogP contribution >= 0.6 is 39.1 Å². The number of rotatable bonds is 2. The van der Waals surface area contributed by atoms with Crippen molar-refractivity contribution in [1.82, 2.24) is 0 Å². The maximum Gasteiger partial charge on any atom is 0.122 e. The molecular weight excluding hydrogens is 359 g/mol. The first-order valence-electron chi connectivity index (χ1n) is 6.50. The molecule has 0 spiro atoms. The molecule has 20 heavy (non-hydrogen) atoms. The van der Waals surface area contributed by atoms with E-state index in [1.165, 1.54) is 11.1 Å². The standard InChI is InChI=1S/C16H13BrCl2O/c17-16(12-3-5-13(18)14(19)9-12)11-4-6-15-10(8-11)2-1-7-20-15/h3-6,8-9,16H,1-2,7H2. The average Bonchev–Trinajstić information content (AvgIpc) is 2.49. The Hall–Kier alpha value is -0.700. The zero-order valence-corrected chi connectivity index (χ0v) is 13.8. The van der Waals surface area contributed by atoms with E-state index < -0.39 is 0 Å². The lowest BCUT2D eigenvalue weighted by Crippen LogP contribution is -2.08. The highest BCUT2D eigenvalue weighted by Gasteiger charge is 2.16. The third-order valence-corrected chi connectivity index (χ3v) is 5.26. The van der Waals surface area contributed by atoms with Crippen molar-refractivity contribution in [3.8, 4) is 5.75 Å².